The van der Waals surface area contributed by atoms with Gasteiger partial charge in [-0.1, -0.05) is 29.8 Å². The van der Waals surface area contributed by atoms with Crippen LogP contribution in [-0.4, -0.2) is 23.4 Å². The summed E-state index contributed by atoms with van der Waals surface area (Å²) in [6, 6.07) is 12.7. The van der Waals surface area contributed by atoms with Gasteiger partial charge < -0.3 is 4.98 Å². The van der Waals surface area contributed by atoms with Crippen molar-refractivity contribution in [2.45, 2.75) is 17.6 Å². The summed E-state index contributed by atoms with van der Waals surface area (Å²) in [5.41, 5.74) is 2.32. The molecule has 28 heavy (non-hydrogen) atoms. The Morgan fingerprint density at radius 2 is 1.93 bits per heavy atom. The Bertz CT molecular complexity index is 1300. The molecule has 8 heteroatoms. The molecule has 5 nitrogen and oxygen atoms in total. The van der Waals surface area contributed by atoms with E-state index in [-0.39, 0.29) is 22.2 Å². The molecule has 0 saturated heterocycles. The van der Waals surface area contributed by atoms with Gasteiger partial charge in [0, 0.05) is 11.2 Å². The first kappa shape index (κ1) is 18.6. The van der Waals surface area contributed by atoms with Gasteiger partial charge in [0.2, 0.25) is 0 Å². The lowest BCUT2D eigenvalue weighted by Crippen LogP contribution is -2.05. The fourth-order valence-corrected chi connectivity index (χ4v) is 4.59. The number of aromatic amines is 1. The van der Waals surface area contributed by atoms with Crippen LogP contribution < -0.4 is 0 Å². The van der Waals surface area contributed by atoms with Gasteiger partial charge in [0.15, 0.2) is 21.5 Å². The average molecular weight is 416 g/mol. The molecule has 0 aliphatic carbocycles. The topological polar surface area (TPSA) is 75.7 Å². The highest BCUT2D eigenvalue weighted by atomic mass is 35.5. The molecule has 0 radical (unpaired) electrons. The second kappa shape index (κ2) is 7.00. The summed E-state index contributed by atoms with van der Waals surface area (Å²) in [5.74, 6) is -0.466. The number of hydrogen-bond donors (Lipinski definition) is 1. The number of H-pyrrole nitrogens is 1. The highest BCUT2D eigenvalue weighted by molar-refractivity contribution is 7.90. The van der Waals surface area contributed by atoms with E-state index in [9.17, 15) is 12.8 Å². The third-order valence-electron chi connectivity index (χ3n) is 4.32. The van der Waals surface area contributed by atoms with Gasteiger partial charge in [0.25, 0.3) is 0 Å². The minimum absolute atomic E-state index is 0.0854. The number of fused-ring (bicyclic) bond motifs is 1. The normalized spacial score (nSPS) is 11.8. The number of aromatic nitrogens is 3. The standard InChI is InChI=1S/C20H15ClFN3O2S/c1-12-8-16(22)19(23-10-12)20-24-17-7-6-14(9-18(17)25-20)28(26,27)11-13-4-2-3-5-15(13)21/h2-10H,11H2,1H3,(H,24,25). The number of hydrogen-bond acceptors (Lipinski definition) is 4. The van der Waals surface area contributed by atoms with E-state index < -0.39 is 15.7 Å². The Morgan fingerprint density at radius 3 is 2.68 bits per heavy atom. The minimum atomic E-state index is -3.62. The van der Waals surface area contributed by atoms with Crippen molar-refractivity contribution in [1.82, 2.24) is 15.0 Å². The van der Waals surface area contributed by atoms with Crippen molar-refractivity contribution in [3.8, 4) is 11.5 Å². The molecule has 4 aromatic rings. The lowest BCUT2D eigenvalue weighted by atomic mass is 10.2. The molecule has 0 saturated carbocycles. The zero-order chi connectivity index (χ0) is 19.9. The summed E-state index contributed by atoms with van der Waals surface area (Å²) in [7, 11) is -3.62. The molecule has 0 atom stereocenters. The molecule has 0 spiro atoms. The van der Waals surface area contributed by atoms with E-state index in [1.165, 1.54) is 18.2 Å². The maximum Gasteiger partial charge on any atom is 0.182 e. The predicted molar refractivity (Wildman–Crippen MR) is 106 cm³/mol. The Morgan fingerprint density at radius 1 is 1.14 bits per heavy atom. The summed E-state index contributed by atoms with van der Waals surface area (Å²) >= 11 is 6.09. The molecule has 4 rings (SSSR count). The number of nitrogens with zero attached hydrogens (tertiary/aromatic N) is 2. The van der Waals surface area contributed by atoms with Crippen LogP contribution in [0.5, 0.6) is 0 Å². The number of sulfone groups is 1. The first-order valence-electron chi connectivity index (χ1n) is 8.42. The molecule has 1 N–H and O–H groups in total. The molecule has 2 aromatic carbocycles. The Kier molecular flexibility index (Phi) is 4.64. The fourth-order valence-electron chi connectivity index (χ4n) is 2.91. The van der Waals surface area contributed by atoms with Gasteiger partial charge in [-0.2, -0.15) is 0 Å². The number of rotatable bonds is 4. The largest absolute Gasteiger partial charge is 0.337 e. The van der Waals surface area contributed by atoms with Crippen molar-refractivity contribution in [1.29, 1.82) is 0 Å². The zero-order valence-corrected chi connectivity index (χ0v) is 16.4. The van der Waals surface area contributed by atoms with Crippen LogP contribution in [0.15, 0.2) is 59.6 Å². The molecule has 0 aliphatic heterocycles. The maximum atomic E-state index is 14.2. The molecular weight excluding hydrogens is 401 g/mol. The third kappa shape index (κ3) is 3.50. The average Bonchev–Trinajstić information content (AvgIpc) is 3.06. The fraction of sp³-hybridized carbons (Fsp3) is 0.100. The molecular formula is C20H15ClFN3O2S. The van der Waals surface area contributed by atoms with Crippen molar-refractivity contribution >= 4 is 32.5 Å². The van der Waals surface area contributed by atoms with Crippen molar-refractivity contribution in [2.24, 2.45) is 0 Å². The maximum absolute atomic E-state index is 14.2. The molecule has 0 fully saturated rings. The minimum Gasteiger partial charge on any atom is -0.337 e. The summed E-state index contributed by atoms with van der Waals surface area (Å²) in [4.78, 5) is 11.5. The highest BCUT2D eigenvalue weighted by Gasteiger charge is 2.19. The summed E-state index contributed by atoms with van der Waals surface area (Å²) < 4.78 is 39.8. The van der Waals surface area contributed by atoms with E-state index in [2.05, 4.69) is 15.0 Å². The summed E-state index contributed by atoms with van der Waals surface area (Å²) in [6.07, 6.45) is 1.55. The van der Waals surface area contributed by atoms with Crippen LogP contribution in [0.25, 0.3) is 22.6 Å². The van der Waals surface area contributed by atoms with Gasteiger partial charge in [-0.15, -0.1) is 0 Å². The number of aryl methyl sites for hydroxylation is 1. The van der Waals surface area contributed by atoms with Crippen molar-refractivity contribution in [2.75, 3.05) is 0 Å². The van der Waals surface area contributed by atoms with Crippen LogP contribution in [0.3, 0.4) is 0 Å². The number of nitrogens with one attached hydrogen (secondary N) is 1. The van der Waals surface area contributed by atoms with E-state index in [1.807, 2.05) is 0 Å². The van der Waals surface area contributed by atoms with Gasteiger partial charge in [-0.05, 0) is 48.4 Å². The molecule has 0 unspecified atom stereocenters. The lowest BCUT2D eigenvalue weighted by molar-refractivity contribution is 0.595. The number of benzene rings is 2. The van der Waals surface area contributed by atoms with Crippen LogP contribution in [0.1, 0.15) is 11.1 Å². The second-order valence-corrected chi connectivity index (χ2v) is 8.85. The lowest BCUT2D eigenvalue weighted by Gasteiger charge is -2.06. The monoisotopic (exact) mass is 415 g/mol. The van der Waals surface area contributed by atoms with Crippen molar-refractivity contribution in [3.63, 3.8) is 0 Å². The van der Waals surface area contributed by atoms with E-state index in [0.717, 1.165) is 0 Å². The highest BCUT2D eigenvalue weighted by Crippen LogP contribution is 2.26. The van der Waals surface area contributed by atoms with Gasteiger partial charge >= 0.3 is 0 Å². The number of halogens is 2. The van der Waals surface area contributed by atoms with Crippen LogP contribution >= 0.6 is 11.6 Å². The second-order valence-electron chi connectivity index (χ2n) is 6.46. The zero-order valence-electron chi connectivity index (χ0n) is 14.8. The van der Waals surface area contributed by atoms with E-state index >= 15 is 0 Å². The van der Waals surface area contributed by atoms with Gasteiger partial charge in [-0.25, -0.2) is 22.8 Å². The molecule has 0 aliphatic rings. The van der Waals surface area contributed by atoms with Crippen LogP contribution in [0, 0.1) is 12.7 Å². The first-order chi connectivity index (χ1) is 13.3. The molecule has 0 bridgehead atoms. The van der Waals surface area contributed by atoms with E-state index in [0.29, 0.717) is 27.2 Å². The Hall–Kier alpha value is -2.77. The molecule has 142 valence electrons. The molecule has 2 heterocycles. The van der Waals surface area contributed by atoms with Crippen LogP contribution in [0.2, 0.25) is 5.02 Å². The van der Waals surface area contributed by atoms with Crippen LogP contribution in [-0.2, 0) is 15.6 Å². The summed E-state index contributed by atoms with van der Waals surface area (Å²) in [6.45, 7) is 1.74. The van der Waals surface area contributed by atoms with Gasteiger partial charge in [0.1, 0.15) is 5.69 Å². The summed E-state index contributed by atoms with van der Waals surface area (Å²) in [5, 5.41) is 0.400. The van der Waals surface area contributed by atoms with Crippen molar-refractivity contribution in [3.05, 3.63) is 76.7 Å². The van der Waals surface area contributed by atoms with Crippen molar-refractivity contribution < 1.29 is 12.8 Å². The first-order valence-corrected chi connectivity index (χ1v) is 10.4. The van der Waals surface area contributed by atoms with E-state index in [1.54, 1.807) is 43.5 Å². The van der Waals surface area contributed by atoms with Crippen LogP contribution in [0.4, 0.5) is 4.39 Å². The number of imidazole rings is 1. The van der Waals surface area contributed by atoms with Gasteiger partial charge in [-0.3, -0.25) is 0 Å². The molecule has 2 aromatic heterocycles. The molecule has 0 amide bonds. The quantitative estimate of drug-likeness (QED) is 0.524. The Balaban J connectivity index is 1.73. The third-order valence-corrected chi connectivity index (χ3v) is 6.35. The van der Waals surface area contributed by atoms with E-state index in [4.69, 9.17) is 11.6 Å². The Labute approximate surface area is 166 Å². The number of pyridine rings is 1. The van der Waals surface area contributed by atoms with Gasteiger partial charge in [0.05, 0.1) is 21.7 Å². The smallest absolute Gasteiger partial charge is 0.182 e. The predicted octanol–water partition coefficient (Wildman–Crippen LogP) is 4.70. The SMILES string of the molecule is Cc1cnc(-c2nc3ccc(S(=O)(=O)Cc4ccccc4Cl)cc3[nH]2)c(F)c1.